The van der Waals surface area contributed by atoms with Crippen molar-refractivity contribution in [3.8, 4) is 0 Å². The van der Waals surface area contributed by atoms with Gasteiger partial charge in [-0.2, -0.15) is 0 Å². The van der Waals surface area contributed by atoms with Crippen molar-refractivity contribution in [1.29, 1.82) is 0 Å². The lowest BCUT2D eigenvalue weighted by Gasteiger charge is -2.12. The second kappa shape index (κ2) is 8.43. The number of nitrogens with one attached hydrogen (secondary N) is 1. The number of carbonyl (C=O) groups excluding carboxylic acids is 1. The van der Waals surface area contributed by atoms with Crippen molar-refractivity contribution in [2.24, 2.45) is 0 Å². The Morgan fingerprint density at radius 2 is 2.00 bits per heavy atom. The Morgan fingerprint density at radius 3 is 2.69 bits per heavy atom. The molecule has 0 fully saturated rings. The van der Waals surface area contributed by atoms with E-state index in [2.05, 4.69) is 25.4 Å². The summed E-state index contributed by atoms with van der Waals surface area (Å²) in [6.45, 7) is 3.61. The van der Waals surface area contributed by atoms with Gasteiger partial charge >= 0.3 is 0 Å². The van der Waals surface area contributed by atoms with Gasteiger partial charge in [-0.25, -0.2) is 9.37 Å². The van der Waals surface area contributed by atoms with Gasteiger partial charge in [0.15, 0.2) is 0 Å². The zero-order valence-electron chi connectivity index (χ0n) is 14.4. The number of hydrogen-bond donors (Lipinski definition) is 1. The fraction of sp³-hybridized carbons (Fsp3) is 0.294. The Morgan fingerprint density at radius 1 is 1.23 bits per heavy atom. The normalized spacial score (nSPS) is 11.1. The van der Waals surface area contributed by atoms with Gasteiger partial charge in [0.25, 0.3) is 5.91 Å². The SMILES string of the molecule is Cc1nc(CN(C)Cc2nnc(C(=O)NCc3ccc(F)cc3)s2)cs1. The summed E-state index contributed by atoms with van der Waals surface area (Å²) in [4.78, 5) is 18.7. The van der Waals surface area contributed by atoms with E-state index in [1.807, 2.05) is 19.4 Å². The smallest absolute Gasteiger partial charge is 0.282 e. The first-order valence-electron chi connectivity index (χ1n) is 7.94. The van der Waals surface area contributed by atoms with Gasteiger partial charge < -0.3 is 5.32 Å². The fourth-order valence-electron chi connectivity index (χ4n) is 2.31. The van der Waals surface area contributed by atoms with Gasteiger partial charge in [0.05, 0.1) is 17.2 Å². The molecule has 0 aliphatic heterocycles. The number of amides is 1. The Labute approximate surface area is 158 Å². The predicted octanol–water partition coefficient (Wildman–Crippen LogP) is 3.00. The van der Waals surface area contributed by atoms with Crippen LogP contribution in [0, 0.1) is 12.7 Å². The molecule has 3 rings (SSSR count). The van der Waals surface area contributed by atoms with Crippen LogP contribution in [-0.4, -0.2) is 33.0 Å². The molecule has 136 valence electrons. The molecule has 0 unspecified atom stereocenters. The van der Waals surface area contributed by atoms with Crippen LogP contribution in [0.4, 0.5) is 4.39 Å². The highest BCUT2D eigenvalue weighted by atomic mass is 32.1. The summed E-state index contributed by atoms with van der Waals surface area (Å²) in [5.41, 5.74) is 1.85. The lowest BCUT2D eigenvalue weighted by molar-refractivity contribution is 0.0950. The quantitative estimate of drug-likeness (QED) is 0.670. The van der Waals surface area contributed by atoms with Crippen LogP contribution in [-0.2, 0) is 19.6 Å². The molecule has 26 heavy (non-hydrogen) atoms. The summed E-state index contributed by atoms with van der Waals surface area (Å²) < 4.78 is 12.9. The summed E-state index contributed by atoms with van der Waals surface area (Å²) >= 11 is 2.90. The lowest BCUT2D eigenvalue weighted by atomic mass is 10.2. The maximum atomic E-state index is 12.9. The molecule has 0 radical (unpaired) electrons. The van der Waals surface area contributed by atoms with Crippen molar-refractivity contribution >= 4 is 28.6 Å². The number of halogens is 1. The van der Waals surface area contributed by atoms with E-state index in [-0.39, 0.29) is 11.7 Å². The molecule has 0 aliphatic carbocycles. The first-order valence-corrected chi connectivity index (χ1v) is 9.64. The standard InChI is InChI=1S/C17H18FN5OS2/c1-11-20-14(10-25-11)8-23(2)9-15-21-22-17(26-15)16(24)19-7-12-3-5-13(18)6-4-12/h3-6,10H,7-9H2,1-2H3,(H,19,24). The van der Waals surface area contributed by atoms with E-state index in [1.165, 1.54) is 23.5 Å². The fourth-order valence-corrected chi connectivity index (χ4v) is 3.75. The van der Waals surface area contributed by atoms with Gasteiger partial charge in [-0.1, -0.05) is 23.5 Å². The summed E-state index contributed by atoms with van der Waals surface area (Å²) in [6, 6.07) is 6.00. The van der Waals surface area contributed by atoms with Crippen LogP contribution >= 0.6 is 22.7 Å². The Kier molecular flexibility index (Phi) is 6.02. The highest BCUT2D eigenvalue weighted by molar-refractivity contribution is 7.13. The van der Waals surface area contributed by atoms with Gasteiger partial charge in [-0.3, -0.25) is 9.69 Å². The van der Waals surface area contributed by atoms with Crippen molar-refractivity contribution in [1.82, 2.24) is 25.4 Å². The molecule has 0 aliphatic rings. The zero-order valence-corrected chi connectivity index (χ0v) is 16.0. The third-order valence-electron chi connectivity index (χ3n) is 3.53. The first kappa shape index (κ1) is 18.6. The molecule has 0 spiro atoms. The van der Waals surface area contributed by atoms with E-state index < -0.39 is 0 Å². The number of rotatable bonds is 7. The molecule has 2 heterocycles. The Balaban J connectivity index is 1.51. The van der Waals surface area contributed by atoms with E-state index >= 15 is 0 Å². The molecule has 0 saturated carbocycles. The van der Waals surface area contributed by atoms with Crippen LogP contribution in [0.5, 0.6) is 0 Å². The maximum Gasteiger partial charge on any atom is 0.282 e. The summed E-state index contributed by atoms with van der Waals surface area (Å²) in [6.07, 6.45) is 0. The second-order valence-electron chi connectivity index (χ2n) is 5.84. The lowest BCUT2D eigenvalue weighted by Crippen LogP contribution is -2.22. The van der Waals surface area contributed by atoms with E-state index in [0.29, 0.717) is 18.1 Å². The summed E-state index contributed by atoms with van der Waals surface area (Å²) in [7, 11) is 1.98. The number of carbonyl (C=O) groups is 1. The van der Waals surface area contributed by atoms with E-state index in [0.717, 1.165) is 27.8 Å². The minimum Gasteiger partial charge on any atom is -0.346 e. The third-order valence-corrected chi connectivity index (χ3v) is 5.26. The van der Waals surface area contributed by atoms with Crippen LogP contribution in [0.25, 0.3) is 0 Å². The van der Waals surface area contributed by atoms with Crippen LogP contribution in [0.3, 0.4) is 0 Å². The maximum absolute atomic E-state index is 12.9. The topological polar surface area (TPSA) is 71.0 Å². The van der Waals surface area contributed by atoms with Gasteiger partial charge in [0.2, 0.25) is 5.01 Å². The molecule has 9 heteroatoms. The van der Waals surface area contributed by atoms with Crippen molar-refractivity contribution in [2.75, 3.05) is 7.05 Å². The van der Waals surface area contributed by atoms with Crippen LogP contribution in [0.2, 0.25) is 0 Å². The van der Waals surface area contributed by atoms with Gasteiger partial charge in [0, 0.05) is 18.5 Å². The van der Waals surface area contributed by atoms with E-state index in [9.17, 15) is 9.18 Å². The number of aryl methyl sites for hydroxylation is 1. The molecule has 0 atom stereocenters. The molecule has 2 aromatic heterocycles. The number of thiazole rings is 1. The molecular formula is C17H18FN5OS2. The van der Waals surface area contributed by atoms with Gasteiger partial charge in [-0.05, 0) is 31.7 Å². The van der Waals surface area contributed by atoms with Crippen molar-refractivity contribution < 1.29 is 9.18 Å². The minimum atomic E-state index is -0.300. The zero-order chi connectivity index (χ0) is 18.5. The van der Waals surface area contributed by atoms with E-state index in [1.54, 1.807) is 23.5 Å². The molecule has 0 saturated heterocycles. The molecule has 0 bridgehead atoms. The monoisotopic (exact) mass is 391 g/mol. The molecule has 1 aromatic carbocycles. The summed E-state index contributed by atoms with van der Waals surface area (Å²) in [5, 5.41) is 15.0. The molecule has 1 amide bonds. The van der Waals surface area contributed by atoms with Crippen molar-refractivity contribution in [3.05, 3.63) is 61.7 Å². The van der Waals surface area contributed by atoms with Crippen LogP contribution < -0.4 is 5.32 Å². The van der Waals surface area contributed by atoms with Crippen LogP contribution in [0.1, 0.15) is 31.1 Å². The second-order valence-corrected chi connectivity index (χ2v) is 7.96. The Hall–Kier alpha value is -2.23. The first-order chi connectivity index (χ1) is 12.5. The predicted molar refractivity (Wildman–Crippen MR) is 99.5 cm³/mol. The largest absolute Gasteiger partial charge is 0.346 e. The minimum absolute atomic E-state index is 0.282. The molecule has 6 nitrogen and oxygen atoms in total. The van der Waals surface area contributed by atoms with E-state index in [4.69, 9.17) is 0 Å². The van der Waals surface area contributed by atoms with Crippen LogP contribution in [0.15, 0.2) is 29.6 Å². The van der Waals surface area contributed by atoms with Crippen molar-refractivity contribution in [3.63, 3.8) is 0 Å². The van der Waals surface area contributed by atoms with Gasteiger partial charge in [0.1, 0.15) is 10.8 Å². The van der Waals surface area contributed by atoms with Gasteiger partial charge in [-0.15, -0.1) is 21.5 Å². The molecule has 3 aromatic rings. The number of benzene rings is 1. The average molecular weight is 391 g/mol. The van der Waals surface area contributed by atoms with Crippen molar-refractivity contribution in [2.45, 2.75) is 26.6 Å². The number of nitrogens with zero attached hydrogens (tertiary/aromatic N) is 4. The average Bonchev–Trinajstić information content (AvgIpc) is 3.23. The Bertz CT molecular complexity index is 877. The summed E-state index contributed by atoms with van der Waals surface area (Å²) in [5.74, 6) is -0.582. The highest BCUT2D eigenvalue weighted by Gasteiger charge is 2.14. The molecule has 1 N–H and O–H groups in total. The number of aromatic nitrogens is 3. The number of hydrogen-bond acceptors (Lipinski definition) is 7. The third kappa shape index (κ3) is 5.13. The molecular weight excluding hydrogens is 373 g/mol. The highest BCUT2D eigenvalue weighted by Crippen LogP contribution is 2.15.